The number of halogens is 2. The van der Waals surface area contributed by atoms with Gasteiger partial charge >= 0.3 is 21.5 Å². The molecule has 4 aromatic rings. The molecule has 20 heteroatoms. The third-order valence-corrected chi connectivity index (χ3v) is 9.56. The molecule has 0 bridgehead atoms. The number of aliphatic hydroxyl groups excluding tert-OH is 1. The Bertz CT molecular complexity index is 1740. The van der Waals surface area contributed by atoms with E-state index in [9.17, 15) is 23.9 Å². The van der Waals surface area contributed by atoms with Crippen molar-refractivity contribution in [1.29, 1.82) is 0 Å². The van der Waals surface area contributed by atoms with Crippen LogP contribution in [0.25, 0.3) is 11.2 Å². The summed E-state index contributed by atoms with van der Waals surface area (Å²) in [5, 5.41) is 12.4. The molecule has 1 saturated heterocycles. The van der Waals surface area contributed by atoms with Gasteiger partial charge in [-0.1, -0.05) is 48.5 Å². The average Bonchev–Trinajstić information content (AvgIpc) is 3.55. The molecule has 0 aliphatic carbocycles. The number of nitrogens with zero attached hydrogens (tertiary/aromatic N) is 4. The Hall–Kier alpha value is -3.50. The van der Waals surface area contributed by atoms with Crippen LogP contribution in [0.3, 0.4) is 0 Å². The minimum atomic E-state index is -5.29. The van der Waals surface area contributed by atoms with Crippen molar-refractivity contribution >= 4 is 50.1 Å². The Labute approximate surface area is 259 Å². The number of para-hydroxylation sites is 1. The van der Waals surface area contributed by atoms with Crippen LogP contribution < -0.4 is 15.3 Å². The largest absolute Gasteiger partial charge is 0.481 e. The maximum Gasteiger partial charge on any atom is 0.481 e. The number of aromatic nitrogens is 4. The number of hydrogen-bond acceptors (Lipinski definition) is 13. The SMILES string of the molecule is Nc1nc(Cl)nc2c1ncn2[C@@H]1O[C@H](COP(=O)(O)OP(=O)(NCC(=O)OCc2ccccc2)Oc2ccccc2)C(O)[C@H]1F. The van der Waals surface area contributed by atoms with E-state index in [2.05, 4.69) is 20.0 Å². The number of anilines is 1. The van der Waals surface area contributed by atoms with Gasteiger partial charge in [0.2, 0.25) is 5.28 Å². The second kappa shape index (κ2) is 13.9. The molecule has 0 amide bonds. The maximum absolute atomic E-state index is 15.1. The summed E-state index contributed by atoms with van der Waals surface area (Å²) < 4.78 is 68.4. The van der Waals surface area contributed by atoms with E-state index in [4.69, 9.17) is 40.2 Å². The van der Waals surface area contributed by atoms with Gasteiger partial charge in [-0.05, 0) is 29.3 Å². The number of aliphatic hydroxyl groups is 1. The third kappa shape index (κ3) is 8.21. The number of rotatable bonds is 13. The topological polar surface area (TPSA) is 219 Å². The molecule has 1 aliphatic rings. The summed E-state index contributed by atoms with van der Waals surface area (Å²) in [5.41, 5.74) is 6.58. The second-order valence-corrected chi connectivity index (χ2v) is 13.1. The summed E-state index contributed by atoms with van der Waals surface area (Å²) in [7, 11) is -10.1. The van der Waals surface area contributed by atoms with Gasteiger partial charge in [0.25, 0.3) is 0 Å². The van der Waals surface area contributed by atoms with Crippen LogP contribution in [0.15, 0.2) is 67.0 Å². The van der Waals surface area contributed by atoms with Gasteiger partial charge in [0.15, 0.2) is 23.9 Å². The predicted octanol–water partition coefficient (Wildman–Crippen LogP) is 3.31. The van der Waals surface area contributed by atoms with Gasteiger partial charge in [0, 0.05) is 0 Å². The average molecular weight is 687 g/mol. The molecule has 45 heavy (non-hydrogen) atoms. The van der Waals surface area contributed by atoms with Crippen LogP contribution in [0.5, 0.6) is 5.75 Å². The van der Waals surface area contributed by atoms with E-state index in [0.717, 1.165) is 10.9 Å². The highest BCUT2D eigenvalue weighted by Gasteiger charge is 2.48. The minimum absolute atomic E-state index is 0.0115. The van der Waals surface area contributed by atoms with E-state index in [1.165, 1.54) is 24.3 Å². The van der Waals surface area contributed by atoms with Gasteiger partial charge in [-0.3, -0.25) is 13.9 Å². The lowest BCUT2D eigenvalue weighted by molar-refractivity contribution is -0.143. The van der Waals surface area contributed by atoms with Gasteiger partial charge in [0.05, 0.1) is 12.9 Å². The number of phosphoric acid groups is 1. The molecule has 1 fully saturated rings. The molecule has 5 rings (SSSR count). The predicted molar refractivity (Wildman–Crippen MR) is 155 cm³/mol. The van der Waals surface area contributed by atoms with Gasteiger partial charge in [-0.25, -0.2) is 23.6 Å². The Morgan fingerprint density at radius 1 is 1.13 bits per heavy atom. The Morgan fingerprint density at radius 3 is 2.53 bits per heavy atom. The van der Waals surface area contributed by atoms with Crippen molar-refractivity contribution < 1.29 is 51.1 Å². The van der Waals surface area contributed by atoms with Crippen LogP contribution in [0, 0.1) is 0 Å². The normalized spacial score (nSPS) is 22.5. The van der Waals surface area contributed by atoms with E-state index in [-0.39, 0.29) is 34.6 Å². The Balaban J connectivity index is 1.24. The zero-order valence-electron chi connectivity index (χ0n) is 23.0. The molecule has 5 N–H and O–H groups in total. The molecular formula is C25H26ClFN6O10P2. The molecule has 0 saturated carbocycles. The molecule has 1 aliphatic heterocycles. The number of esters is 1. The lowest BCUT2D eigenvalue weighted by atomic mass is 10.1. The number of imidazole rings is 1. The molecule has 16 nitrogen and oxygen atoms in total. The van der Waals surface area contributed by atoms with Crippen LogP contribution in [-0.2, 0) is 38.8 Å². The first-order valence-electron chi connectivity index (χ1n) is 13.0. The number of nitrogens with one attached hydrogen (secondary N) is 1. The van der Waals surface area contributed by atoms with Gasteiger partial charge in [-0.15, -0.1) is 0 Å². The van der Waals surface area contributed by atoms with Crippen LogP contribution >= 0.6 is 27.2 Å². The number of benzene rings is 2. The molecule has 0 spiro atoms. The molecule has 6 atom stereocenters. The van der Waals surface area contributed by atoms with E-state index in [0.29, 0.717) is 5.56 Å². The van der Waals surface area contributed by atoms with Crippen molar-refractivity contribution in [1.82, 2.24) is 24.6 Å². The standard InChI is InChI=1S/C25H26ClFN6O10P2/c26-25-31-22(28)20-23(32-25)33(14-29-20)24-19(27)21(35)17(41-24)13-40-45(37,38)43-44(36,42-16-9-5-2-6-10-16)30-11-18(34)39-12-15-7-3-1-4-8-15/h1-10,14,17,19,21,24,35H,11-13H2,(H,30,36)(H,37,38)(H2,28,31,32)/t17-,19-,21?,24-,44?/m1/s1. The first kappa shape index (κ1) is 32.9. The highest BCUT2D eigenvalue weighted by atomic mass is 35.5. The fourth-order valence-corrected chi connectivity index (χ4v) is 7.07. The monoisotopic (exact) mass is 686 g/mol. The maximum atomic E-state index is 15.1. The number of carbonyl (C=O) groups is 1. The first-order chi connectivity index (χ1) is 21.4. The number of ether oxygens (including phenoxy) is 2. The first-order valence-corrected chi connectivity index (χ1v) is 16.5. The Kier molecular flexibility index (Phi) is 10.1. The second-order valence-electron chi connectivity index (χ2n) is 9.43. The number of carbonyl (C=O) groups excluding carboxylic acids is 1. The fourth-order valence-electron chi connectivity index (χ4n) is 4.14. The summed E-state index contributed by atoms with van der Waals surface area (Å²) in [5.74, 6) is -0.993. The highest BCUT2D eigenvalue weighted by molar-refractivity contribution is 7.63. The Morgan fingerprint density at radius 2 is 1.82 bits per heavy atom. The molecule has 240 valence electrons. The summed E-state index contributed by atoms with van der Waals surface area (Å²) in [4.78, 5) is 34.5. The van der Waals surface area contributed by atoms with Crippen molar-refractivity contribution in [3.05, 3.63) is 77.8 Å². The molecule has 3 unspecified atom stereocenters. The molecule has 2 aromatic heterocycles. The summed E-state index contributed by atoms with van der Waals surface area (Å²) in [6.07, 6.45) is -5.82. The van der Waals surface area contributed by atoms with E-state index >= 15 is 4.39 Å². The number of fused-ring (bicyclic) bond motifs is 1. The molecular weight excluding hydrogens is 661 g/mol. The van der Waals surface area contributed by atoms with Crippen molar-refractivity contribution in [2.45, 2.75) is 31.2 Å². The van der Waals surface area contributed by atoms with E-state index < -0.39 is 59.3 Å². The van der Waals surface area contributed by atoms with Crippen LogP contribution in [0.2, 0.25) is 5.28 Å². The van der Waals surface area contributed by atoms with Crippen molar-refractivity contribution in [2.24, 2.45) is 0 Å². The smallest absolute Gasteiger partial charge is 0.460 e. The van der Waals surface area contributed by atoms with E-state index in [1.807, 2.05) is 0 Å². The number of nitrogen functional groups attached to an aromatic ring is 1. The summed E-state index contributed by atoms with van der Waals surface area (Å²) >= 11 is 5.85. The quantitative estimate of drug-likeness (QED) is 0.0900. The summed E-state index contributed by atoms with van der Waals surface area (Å²) in [6, 6.07) is 16.2. The van der Waals surface area contributed by atoms with Crippen LogP contribution in [0.4, 0.5) is 10.2 Å². The minimum Gasteiger partial charge on any atom is -0.460 e. The number of hydrogen-bond donors (Lipinski definition) is 4. The lowest BCUT2D eigenvalue weighted by Crippen LogP contribution is -2.31. The van der Waals surface area contributed by atoms with E-state index in [1.54, 1.807) is 36.4 Å². The zero-order chi connectivity index (χ0) is 32.2. The molecule has 0 radical (unpaired) electrons. The number of nitrogens with two attached hydrogens (primary N) is 1. The lowest BCUT2D eigenvalue weighted by Gasteiger charge is -2.22. The van der Waals surface area contributed by atoms with Crippen molar-refractivity contribution in [3.63, 3.8) is 0 Å². The van der Waals surface area contributed by atoms with Crippen LogP contribution in [-0.4, -0.2) is 67.0 Å². The van der Waals surface area contributed by atoms with Gasteiger partial charge < -0.3 is 29.7 Å². The van der Waals surface area contributed by atoms with Crippen LogP contribution in [0.1, 0.15) is 11.8 Å². The fraction of sp³-hybridized carbons (Fsp3) is 0.280. The number of alkyl halides is 1. The van der Waals surface area contributed by atoms with Gasteiger partial charge in [-0.2, -0.15) is 14.3 Å². The molecule has 2 aromatic carbocycles. The highest BCUT2D eigenvalue weighted by Crippen LogP contribution is 2.60. The van der Waals surface area contributed by atoms with Crippen molar-refractivity contribution in [2.75, 3.05) is 18.9 Å². The van der Waals surface area contributed by atoms with Gasteiger partial charge in [0.1, 0.15) is 36.6 Å². The zero-order valence-corrected chi connectivity index (χ0v) is 25.5. The van der Waals surface area contributed by atoms with Crippen molar-refractivity contribution in [3.8, 4) is 5.75 Å². The number of phosphoric ester groups is 1. The molecule has 3 heterocycles. The summed E-state index contributed by atoms with van der Waals surface area (Å²) in [6.45, 7) is -1.74. The third-order valence-electron chi connectivity index (χ3n) is 6.23.